The molecule has 5 heterocycles. The van der Waals surface area contributed by atoms with Gasteiger partial charge in [-0.25, -0.2) is 19.6 Å². The Morgan fingerprint density at radius 2 is 1.59 bits per heavy atom. The number of piperidine rings is 1. The largest absolute Gasteiger partial charge is 0.453 e. The Morgan fingerprint density at radius 1 is 0.852 bits per heavy atom. The molecule has 61 heavy (non-hydrogen) atoms. The van der Waals surface area contributed by atoms with Gasteiger partial charge in [-0.1, -0.05) is 93.6 Å². The first-order valence-electron chi connectivity index (χ1n) is 20.8. The van der Waals surface area contributed by atoms with Gasteiger partial charge in [0.1, 0.15) is 23.9 Å². The third-order valence-corrected chi connectivity index (χ3v) is 12.1. The average Bonchev–Trinajstić information content (AvgIpc) is 4.09. The van der Waals surface area contributed by atoms with Gasteiger partial charge in [0, 0.05) is 19.3 Å². The number of hydrogen-bond donors (Lipinski definition) is 4. The molecule has 5 aromatic rings. The summed E-state index contributed by atoms with van der Waals surface area (Å²) in [5.41, 5.74) is 3.35. The van der Waals surface area contributed by atoms with Crippen molar-refractivity contribution in [3.8, 4) is 21.7 Å². The number of aromatic nitrogens is 4. The second-order valence-electron chi connectivity index (χ2n) is 16.2. The lowest BCUT2D eigenvalue weighted by Gasteiger charge is -2.36. The molecule has 5 amide bonds. The molecule has 2 unspecified atom stereocenters. The van der Waals surface area contributed by atoms with Gasteiger partial charge in [-0.15, -0.1) is 0 Å². The second kappa shape index (κ2) is 19.0. The van der Waals surface area contributed by atoms with E-state index in [4.69, 9.17) is 9.47 Å². The van der Waals surface area contributed by atoms with Crippen molar-refractivity contribution in [1.29, 1.82) is 0 Å². The van der Waals surface area contributed by atoms with Crippen LogP contribution in [-0.2, 0) is 23.9 Å². The summed E-state index contributed by atoms with van der Waals surface area (Å²) in [6.07, 6.45) is 7.75. The summed E-state index contributed by atoms with van der Waals surface area (Å²) in [5.74, 6) is 0.213. The molecule has 4 N–H and O–H groups in total. The minimum absolute atomic E-state index is 0.122. The molecule has 2 aliphatic heterocycles. The molecule has 0 saturated carbocycles. The van der Waals surface area contributed by atoms with Crippen LogP contribution in [0.3, 0.4) is 0 Å². The van der Waals surface area contributed by atoms with Gasteiger partial charge < -0.3 is 40.2 Å². The molecule has 2 saturated heterocycles. The van der Waals surface area contributed by atoms with E-state index in [1.165, 1.54) is 18.4 Å². The molecule has 17 heteroatoms. The number of H-pyrrole nitrogens is 1. The van der Waals surface area contributed by atoms with Crippen molar-refractivity contribution >= 4 is 52.0 Å². The zero-order valence-corrected chi connectivity index (χ0v) is 35.9. The lowest BCUT2D eigenvalue weighted by Crippen LogP contribution is -2.53. The predicted molar refractivity (Wildman–Crippen MR) is 230 cm³/mol. The fourth-order valence-corrected chi connectivity index (χ4v) is 8.80. The molecule has 0 spiro atoms. The van der Waals surface area contributed by atoms with E-state index in [1.807, 2.05) is 68.6 Å². The van der Waals surface area contributed by atoms with E-state index < -0.39 is 30.3 Å². The van der Waals surface area contributed by atoms with Crippen LogP contribution in [0.15, 0.2) is 73.2 Å². The van der Waals surface area contributed by atoms with Crippen LogP contribution in [0.4, 0.5) is 15.4 Å². The van der Waals surface area contributed by atoms with Crippen molar-refractivity contribution in [3.05, 3.63) is 84.6 Å². The highest BCUT2D eigenvalue weighted by Crippen LogP contribution is 2.35. The summed E-state index contributed by atoms with van der Waals surface area (Å²) in [6, 6.07) is 14.4. The van der Waals surface area contributed by atoms with E-state index in [2.05, 4.69) is 30.9 Å². The summed E-state index contributed by atoms with van der Waals surface area (Å²) in [6.45, 7) is 8.81. The molecule has 0 aliphatic carbocycles. The SMILES string of the molecule is COC(=O)N[C@H](C(=O)N1CCCC1c1ncc(-c2ccc(-c3cn4cc(NC(=O)C5CCCCN5C(=O)[C@H](NC(=O)OCC(C)C)c5ccccc5)nc4s3)cc2)[nH]1)C(C)C. The highest BCUT2D eigenvalue weighted by Gasteiger charge is 2.39. The topological polar surface area (TPSA) is 192 Å². The molecule has 7 rings (SSSR count). The average molecular weight is 852 g/mol. The Kier molecular flexibility index (Phi) is 13.4. The minimum Gasteiger partial charge on any atom is -0.453 e. The monoisotopic (exact) mass is 851 g/mol. The van der Waals surface area contributed by atoms with Gasteiger partial charge in [-0.05, 0) is 60.6 Å². The number of anilines is 1. The van der Waals surface area contributed by atoms with E-state index in [0.29, 0.717) is 41.7 Å². The van der Waals surface area contributed by atoms with Crippen molar-refractivity contribution in [1.82, 2.24) is 39.8 Å². The Hall–Kier alpha value is -6.23. The van der Waals surface area contributed by atoms with E-state index >= 15 is 0 Å². The molecular formula is C44H53N9O7S. The summed E-state index contributed by atoms with van der Waals surface area (Å²) in [5, 5.41) is 8.36. The maximum atomic E-state index is 14.1. The zero-order valence-electron chi connectivity index (χ0n) is 35.1. The van der Waals surface area contributed by atoms with Crippen LogP contribution in [0.2, 0.25) is 0 Å². The maximum absolute atomic E-state index is 14.1. The van der Waals surface area contributed by atoms with Crippen LogP contribution in [0.1, 0.15) is 83.3 Å². The fraction of sp³-hybridized carbons (Fsp3) is 0.432. The second-order valence-corrected chi connectivity index (χ2v) is 17.2. The number of nitrogens with one attached hydrogen (secondary N) is 4. The molecule has 2 fully saturated rings. The highest BCUT2D eigenvalue weighted by molar-refractivity contribution is 7.20. The molecule has 4 atom stereocenters. The third-order valence-electron chi connectivity index (χ3n) is 11.0. The summed E-state index contributed by atoms with van der Waals surface area (Å²) in [4.78, 5) is 83.9. The van der Waals surface area contributed by atoms with Gasteiger partial charge in [0.2, 0.25) is 11.8 Å². The third kappa shape index (κ3) is 9.88. The quantitative estimate of drug-likeness (QED) is 0.0972. The first-order chi connectivity index (χ1) is 29.4. The van der Waals surface area contributed by atoms with Crippen molar-refractivity contribution < 1.29 is 33.4 Å². The van der Waals surface area contributed by atoms with E-state index in [0.717, 1.165) is 47.4 Å². The summed E-state index contributed by atoms with van der Waals surface area (Å²) in [7, 11) is 1.28. The predicted octanol–water partition coefficient (Wildman–Crippen LogP) is 6.94. The van der Waals surface area contributed by atoms with E-state index in [-0.39, 0.29) is 42.2 Å². The van der Waals surface area contributed by atoms with Crippen molar-refractivity contribution in [2.75, 3.05) is 32.1 Å². The number of rotatable bonds is 13. The number of aromatic amines is 1. The Bertz CT molecular complexity index is 2310. The Labute approximate surface area is 358 Å². The number of carbonyl (C=O) groups excluding carboxylic acids is 5. The lowest BCUT2D eigenvalue weighted by atomic mass is 9.98. The van der Waals surface area contributed by atoms with Crippen LogP contribution in [-0.4, -0.2) is 98.0 Å². The standard InChI is InChI=1S/C44H53N9O7S/c1-26(2)25-60-44(58)50-37(30-12-7-6-8-13-30)41(56)53-20-10-9-14-33(53)39(54)47-35-24-51-23-34(61-42(51)48-35)29-18-16-28(17-19-29)31-22-45-38(46-31)32-15-11-21-52(32)40(55)36(27(3)4)49-43(57)59-5/h6-8,12-13,16-19,22-24,26-27,32-33,36-37H,9-11,14-15,20-21,25H2,1-5H3,(H,45,46)(H,47,54)(H,49,57)(H,50,58)/t32?,33?,36-,37+/m0/s1. The molecule has 0 radical (unpaired) electrons. The number of thiazole rings is 1. The number of carbonyl (C=O) groups is 5. The number of amides is 5. The van der Waals surface area contributed by atoms with Gasteiger partial charge in [0.05, 0.1) is 42.7 Å². The van der Waals surface area contributed by atoms with Crippen LogP contribution < -0.4 is 16.0 Å². The Balaban J connectivity index is 0.997. The van der Waals surface area contributed by atoms with E-state index in [1.54, 1.807) is 46.5 Å². The van der Waals surface area contributed by atoms with Crippen LogP contribution in [0, 0.1) is 11.8 Å². The fourth-order valence-electron chi connectivity index (χ4n) is 7.83. The number of alkyl carbamates (subject to hydrolysis) is 2. The van der Waals surface area contributed by atoms with Crippen molar-refractivity contribution in [2.24, 2.45) is 11.8 Å². The van der Waals surface area contributed by atoms with Gasteiger partial charge in [-0.2, -0.15) is 0 Å². The molecule has 2 aliphatic rings. The molecule has 2 aromatic carbocycles. The Morgan fingerprint density at radius 3 is 2.30 bits per heavy atom. The van der Waals surface area contributed by atoms with Crippen LogP contribution in [0.25, 0.3) is 26.7 Å². The number of hydrogen-bond acceptors (Lipinski definition) is 10. The molecule has 16 nitrogen and oxygen atoms in total. The number of imidazole rings is 2. The normalized spacial score (nSPS) is 17.6. The highest BCUT2D eigenvalue weighted by atomic mass is 32.1. The summed E-state index contributed by atoms with van der Waals surface area (Å²) < 4.78 is 12.0. The first kappa shape index (κ1) is 42.9. The van der Waals surface area contributed by atoms with Crippen LogP contribution in [0.5, 0.6) is 0 Å². The van der Waals surface area contributed by atoms with Gasteiger partial charge in [0.15, 0.2) is 10.8 Å². The smallest absolute Gasteiger partial charge is 0.408 e. The maximum Gasteiger partial charge on any atom is 0.408 e. The summed E-state index contributed by atoms with van der Waals surface area (Å²) >= 11 is 1.48. The lowest BCUT2D eigenvalue weighted by molar-refractivity contribution is -0.142. The van der Waals surface area contributed by atoms with E-state index in [9.17, 15) is 24.0 Å². The zero-order chi connectivity index (χ0) is 43.2. The molecule has 0 bridgehead atoms. The number of likely N-dealkylation sites (tertiary alicyclic amines) is 2. The number of nitrogens with zero attached hydrogens (tertiary/aromatic N) is 5. The number of fused-ring (bicyclic) bond motifs is 1. The van der Waals surface area contributed by atoms with Crippen molar-refractivity contribution in [3.63, 3.8) is 0 Å². The number of ether oxygens (including phenoxy) is 2. The minimum atomic E-state index is -1.02. The number of benzene rings is 2. The molecular weight excluding hydrogens is 799 g/mol. The van der Waals surface area contributed by atoms with Gasteiger partial charge in [0.25, 0.3) is 5.91 Å². The van der Waals surface area contributed by atoms with Gasteiger partial charge in [-0.3, -0.25) is 18.8 Å². The first-order valence-corrected chi connectivity index (χ1v) is 21.6. The number of methoxy groups -OCH3 is 1. The van der Waals surface area contributed by atoms with Gasteiger partial charge >= 0.3 is 12.2 Å². The van der Waals surface area contributed by atoms with Crippen LogP contribution >= 0.6 is 11.3 Å². The van der Waals surface area contributed by atoms with Crippen molar-refractivity contribution in [2.45, 2.75) is 84.0 Å². The molecule has 322 valence electrons. The molecule has 3 aromatic heterocycles.